The number of amides is 1. The van der Waals surface area contributed by atoms with Gasteiger partial charge in [0.1, 0.15) is 0 Å². The third-order valence-corrected chi connectivity index (χ3v) is 4.47. The summed E-state index contributed by atoms with van der Waals surface area (Å²) < 4.78 is 0. The number of rotatable bonds is 11. The lowest BCUT2D eigenvalue weighted by molar-refractivity contribution is -0.116. The van der Waals surface area contributed by atoms with E-state index in [1.807, 2.05) is 31.2 Å². The van der Waals surface area contributed by atoms with Gasteiger partial charge in [0.15, 0.2) is 5.96 Å². The quantitative estimate of drug-likeness (QED) is 0.400. The summed E-state index contributed by atoms with van der Waals surface area (Å²) in [6.07, 6.45) is 1.40. The molecule has 1 aromatic carbocycles. The van der Waals surface area contributed by atoms with Crippen LogP contribution in [0.1, 0.15) is 59.9 Å². The number of benzene rings is 1. The lowest BCUT2D eigenvalue weighted by atomic mass is 10.2. The summed E-state index contributed by atoms with van der Waals surface area (Å²) in [5.74, 6) is 0.888. The number of anilines is 1. The third kappa shape index (κ3) is 9.22. The standard InChI is InChI=1S/C22H39N5O/c1-7-9-21(28)26-20-12-10-19(11-13-20)16-25-22(23-8-2)24-14-15-27(17(3)4)18(5)6/h10-13,17-18H,7-9,14-16H2,1-6H3,(H,26,28)(H2,23,24,25). The van der Waals surface area contributed by atoms with E-state index < -0.39 is 0 Å². The van der Waals surface area contributed by atoms with Crippen LogP contribution in [0.4, 0.5) is 5.69 Å². The molecule has 0 aliphatic heterocycles. The van der Waals surface area contributed by atoms with Crippen molar-refractivity contribution in [3.05, 3.63) is 29.8 Å². The molecule has 0 saturated heterocycles. The molecule has 3 N–H and O–H groups in total. The topological polar surface area (TPSA) is 68.8 Å². The van der Waals surface area contributed by atoms with Crippen molar-refractivity contribution < 1.29 is 4.79 Å². The van der Waals surface area contributed by atoms with Crippen molar-refractivity contribution in [1.82, 2.24) is 15.5 Å². The van der Waals surface area contributed by atoms with Crippen molar-refractivity contribution >= 4 is 17.6 Å². The molecule has 0 radical (unpaired) electrons. The number of aliphatic imine (C=N–C) groups is 1. The van der Waals surface area contributed by atoms with Gasteiger partial charge in [0.25, 0.3) is 0 Å². The maximum absolute atomic E-state index is 11.7. The van der Waals surface area contributed by atoms with E-state index in [2.05, 4.69) is 60.5 Å². The van der Waals surface area contributed by atoms with Gasteiger partial charge in [-0.05, 0) is 58.7 Å². The summed E-state index contributed by atoms with van der Waals surface area (Å²) in [4.78, 5) is 18.8. The predicted molar refractivity (Wildman–Crippen MR) is 120 cm³/mol. The molecule has 6 heteroatoms. The molecule has 6 nitrogen and oxygen atoms in total. The molecule has 158 valence electrons. The summed E-state index contributed by atoms with van der Waals surface area (Å²) in [6, 6.07) is 8.93. The van der Waals surface area contributed by atoms with Gasteiger partial charge in [0.2, 0.25) is 5.91 Å². The lowest BCUT2D eigenvalue weighted by Crippen LogP contribution is -2.45. The normalized spacial score (nSPS) is 12.0. The average molecular weight is 390 g/mol. The van der Waals surface area contributed by atoms with Crippen molar-refractivity contribution in [1.29, 1.82) is 0 Å². The number of nitrogens with one attached hydrogen (secondary N) is 3. The Morgan fingerprint density at radius 1 is 1.04 bits per heavy atom. The Kier molecular flexibility index (Phi) is 11.3. The number of guanidine groups is 1. The lowest BCUT2D eigenvalue weighted by Gasteiger charge is -2.30. The van der Waals surface area contributed by atoms with E-state index in [0.29, 0.717) is 25.0 Å². The first-order chi connectivity index (χ1) is 13.4. The molecular formula is C22H39N5O. The predicted octanol–water partition coefficient (Wildman–Crippen LogP) is 3.60. The van der Waals surface area contributed by atoms with Gasteiger partial charge in [-0.3, -0.25) is 9.69 Å². The number of hydrogen-bond acceptors (Lipinski definition) is 3. The summed E-state index contributed by atoms with van der Waals surface area (Å²) in [5.41, 5.74) is 1.94. The molecule has 0 bridgehead atoms. The summed E-state index contributed by atoms with van der Waals surface area (Å²) >= 11 is 0. The Balaban J connectivity index is 2.58. The molecule has 1 rings (SSSR count). The van der Waals surface area contributed by atoms with Crippen LogP contribution in [0.15, 0.2) is 29.3 Å². The first-order valence-electron chi connectivity index (χ1n) is 10.5. The summed E-state index contributed by atoms with van der Waals surface area (Å²) in [6.45, 7) is 16.2. The van der Waals surface area contributed by atoms with Gasteiger partial charge in [0, 0.05) is 43.8 Å². The Morgan fingerprint density at radius 2 is 1.68 bits per heavy atom. The van der Waals surface area contributed by atoms with Crippen LogP contribution in [0, 0.1) is 0 Å². The minimum atomic E-state index is 0.0590. The monoisotopic (exact) mass is 389 g/mol. The van der Waals surface area contributed by atoms with Gasteiger partial charge in [-0.1, -0.05) is 19.1 Å². The minimum Gasteiger partial charge on any atom is -0.357 e. The van der Waals surface area contributed by atoms with Crippen molar-refractivity contribution in [2.45, 2.75) is 73.0 Å². The first kappa shape index (κ1) is 24.0. The van der Waals surface area contributed by atoms with Crippen molar-refractivity contribution in [2.24, 2.45) is 4.99 Å². The molecule has 0 heterocycles. The molecule has 0 aromatic heterocycles. The van der Waals surface area contributed by atoms with Crippen LogP contribution in [0.5, 0.6) is 0 Å². The van der Waals surface area contributed by atoms with E-state index >= 15 is 0 Å². The molecule has 28 heavy (non-hydrogen) atoms. The second kappa shape index (κ2) is 13.2. The van der Waals surface area contributed by atoms with Crippen molar-refractivity contribution in [3.63, 3.8) is 0 Å². The Morgan fingerprint density at radius 3 is 2.21 bits per heavy atom. The van der Waals surface area contributed by atoms with E-state index in [9.17, 15) is 4.79 Å². The van der Waals surface area contributed by atoms with Gasteiger partial charge in [0.05, 0.1) is 6.54 Å². The summed E-state index contributed by atoms with van der Waals surface area (Å²) in [7, 11) is 0. The van der Waals surface area contributed by atoms with E-state index in [1.54, 1.807) is 0 Å². The molecular weight excluding hydrogens is 350 g/mol. The van der Waals surface area contributed by atoms with Crippen LogP contribution in [-0.4, -0.2) is 48.5 Å². The highest BCUT2D eigenvalue weighted by Gasteiger charge is 2.12. The van der Waals surface area contributed by atoms with Crippen molar-refractivity contribution in [2.75, 3.05) is 25.0 Å². The van der Waals surface area contributed by atoms with Crippen LogP contribution in [0.3, 0.4) is 0 Å². The smallest absolute Gasteiger partial charge is 0.224 e. The fourth-order valence-corrected chi connectivity index (χ4v) is 3.07. The Hall–Kier alpha value is -2.08. The van der Waals surface area contributed by atoms with Gasteiger partial charge in [-0.15, -0.1) is 0 Å². The molecule has 0 fully saturated rings. The largest absolute Gasteiger partial charge is 0.357 e. The zero-order chi connectivity index (χ0) is 20.9. The van der Waals surface area contributed by atoms with Gasteiger partial charge < -0.3 is 16.0 Å². The van der Waals surface area contributed by atoms with Crippen LogP contribution >= 0.6 is 0 Å². The highest BCUT2D eigenvalue weighted by molar-refractivity contribution is 5.90. The SMILES string of the molecule is CCCC(=O)Nc1ccc(CN=C(NCC)NCCN(C(C)C)C(C)C)cc1. The minimum absolute atomic E-state index is 0.0590. The number of nitrogens with zero attached hydrogens (tertiary/aromatic N) is 2. The number of hydrogen-bond donors (Lipinski definition) is 3. The first-order valence-corrected chi connectivity index (χ1v) is 10.5. The van der Waals surface area contributed by atoms with E-state index in [-0.39, 0.29) is 5.91 Å². The summed E-state index contributed by atoms with van der Waals surface area (Å²) in [5, 5.41) is 9.63. The highest BCUT2D eigenvalue weighted by atomic mass is 16.1. The molecule has 0 aliphatic carbocycles. The van der Waals surface area contributed by atoms with Gasteiger partial charge in [-0.2, -0.15) is 0 Å². The highest BCUT2D eigenvalue weighted by Crippen LogP contribution is 2.11. The maximum Gasteiger partial charge on any atom is 0.224 e. The molecule has 0 unspecified atom stereocenters. The molecule has 0 saturated carbocycles. The second-order valence-corrected chi connectivity index (χ2v) is 7.54. The van der Waals surface area contributed by atoms with E-state index in [0.717, 1.165) is 43.3 Å². The molecule has 0 atom stereocenters. The maximum atomic E-state index is 11.7. The molecule has 1 amide bonds. The second-order valence-electron chi connectivity index (χ2n) is 7.54. The fraction of sp³-hybridized carbons (Fsp3) is 0.636. The Labute approximate surface area is 171 Å². The van der Waals surface area contributed by atoms with Gasteiger partial charge >= 0.3 is 0 Å². The zero-order valence-corrected chi connectivity index (χ0v) is 18.5. The zero-order valence-electron chi connectivity index (χ0n) is 18.5. The van der Waals surface area contributed by atoms with E-state index in [1.165, 1.54) is 0 Å². The number of carbonyl (C=O) groups is 1. The Bertz CT molecular complexity index is 587. The fourth-order valence-electron chi connectivity index (χ4n) is 3.07. The van der Waals surface area contributed by atoms with Crippen LogP contribution in [0.2, 0.25) is 0 Å². The average Bonchev–Trinajstić information content (AvgIpc) is 2.63. The van der Waals surface area contributed by atoms with Crippen LogP contribution in [-0.2, 0) is 11.3 Å². The number of carbonyl (C=O) groups excluding carboxylic acids is 1. The van der Waals surface area contributed by atoms with Crippen molar-refractivity contribution in [3.8, 4) is 0 Å². The van der Waals surface area contributed by atoms with Gasteiger partial charge in [-0.25, -0.2) is 4.99 Å². The van der Waals surface area contributed by atoms with E-state index in [4.69, 9.17) is 0 Å². The van der Waals surface area contributed by atoms with Crippen LogP contribution in [0.25, 0.3) is 0 Å². The van der Waals surface area contributed by atoms with Crippen LogP contribution < -0.4 is 16.0 Å². The molecule has 0 spiro atoms. The third-order valence-electron chi connectivity index (χ3n) is 4.47. The molecule has 0 aliphatic rings. The molecule has 1 aromatic rings.